The summed E-state index contributed by atoms with van der Waals surface area (Å²) in [6.45, 7) is 5.40. The number of nitrogens with zero attached hydrogens (tertiary/aromatic N) is 2. The number of rotatable bonds is 5. The first-order chi connectivity index (χ1) is 9.88. The van der Waals surface area contributed by atoms with Crippen molar-refractivity contribution in [3.8, 4) is 0 Å². The van der Waals surface area contributed by atoms with Crippen LogP contribution in [-0.4, -0.2) is 13.2 Å². The predicted molar refractivity (Wildman–Crippen MR) is 86.2 cm³/mol. The molecule has 0 saturated carbocycles. The van der Waals surface area contributed by atoms with Crippen LogP contribution in [0.15, 0.2) is 54.6 Å². The zero-order chi connectivity index (χ0) is 13.8. The number of fused-ring (bicyclic) bond motifs is 1. The highest BCUT2D eigenvalue weighted by Crippen LogP contribution is 2.36. The van der Waals surface area contributed by atoms with Gasteiger partial charge in [0.1, 0.15) is 0 Å². The lowest BCUT2D eigenvalue weighted by Gasteiger charge is -2.21. The second kappa shape index (κ2) is 6.00. The monoisotopic (exact) mass is 266 g/mol. The van der Waals surface area contributed by atoms with Crippen molar-refractivity contribution in [2.24, 2.45) is 0 Å². The minimum atomic E-state index is 0.987. The number of anilines is 2. The standard InChI is InChI=1S/C18H22N2/c1-2-3-13-19-15-20(14-16-9-5-4-6-10-16)18-12-8-7-11-17(18)19/h4-12H,2-3,13-15H2,1H3. The van der Waals surface area contributed by atoms with Gasteiger partial charge in [0.2, 0.25) is 0 Å². The van der Waals surface area contributed by atoms with Crippen molar-refractivity contribution in [3.05, 3.63) is 60.2 Å². The van der Waals surface area contributed by atoms with Crippen molar-refractivity contribution in [1.82, 2.24) is 0 Å². The van der Waals surface area contributed by atoms with Crippen molar-refractivity contribution in [2.45, 2.75) is 26.3 Å². The van der Waals surface area contributed by atoms with Gasteiger partial charge in [-0.1, -0.05) is 55.8 Å². The van der Waals surface area contributed by atoms with Crippen LogP contribution in [0.5, 0.6) is 0 Å². The van der Waals surface area contributed by atoms with Crippen molar-refractivity contribution in [3.63, 3.8) is 0 Å². The number of hydrogen-bond acceptors (Lipinski definition) is 2. The van der Waals surface area contributed by atoms with Crippen molar-refractivity contribution < 1.29 is 0 Å². The molecular weight excluding hydrogens is 244 g/mol. The quantitative estimate of drug-likeness (QED) is 0.797. The van der Waals surface area contributed by atoms with Crippen molar-refractivity contribution in [1.29, 1.82) is 0 Å². The molecule has 2 heteroatoms. The van der Waals surface area contributed by atoms with E-state index in [1.165, 1.54) is 29.8 Å². The minimum absolute atomic E-state index is 0.987. The molecule has 0 amide bonds. The van der Waals surface area contributed by atoms with Gasteiger partial charge < -0.3 is 9.80 Å². The highest BCUT2D eigenvalue weighted by molar-refractivity contribution is 5.76. The van der Waals surface area contributed by atoms with Crippen LogP contribution in [0.1, 0.15) is 25.3 Å². The van der Waals surface area contributed by atoms with Gasteiger partial charge in [-0.2, -0.15) is 0 Å². The van der Waals surface area contributed by atoms with Crippen LogP contribution in [0.25, 0.3) is 0 Å². The lowest BCUT2D eigenvalue weighted by atomic mass is 10.2. The number of benzene rings is 2. The number of unbranched alkanes of at least 4 members (excludes halogenated alkanes) is 1. The Bertz CT molecular complexity index is 550. The van der Waals surface area contributed by atoms with Crippen LogP contribution >= 0.6 is 0 Å². The Hall–Kier alpha value is -1.96. The number of hydrogen-bond donors (Lipinski definition) is 0. The molecule has 0 N–H and O–H groups in total. The number of para-hydroxylation sites is 2. The summed E-state index contributed by atoms with van der Waals surface area (Å²) in [6.07, 6.45) is 2.50. The van der Waals surface area contributed by atoms with E-state index in [1.807, 2.05) is 0 Å². The molecule has 1 aliphatic rings. The highest BCUT2D eigenvalue weighted by atomic mass is 15.4. The molecule has 0 unspecified atom stereocenters. The summed E-state index contributed by atoms with van der Waals surface area (Å²) in [5, 5.41) is 0. The molecule has 0 saturated heterocycles. The molecule has 0 fully saturated rings. The average molecular weight is 266 g/mol. The molecule has 2 nitrogen and oxygen atoms in total. The van der Waals surface area contributed by atoms with Gasteiger partial charge in [0, 0.05) is 13.1 Å². The van der Waals surface area contributed by atoms with E-state index >= 15 is 0 Å². The fraction of sp³-hybridized carbons (Fsp3) is 0.333. The molecule has 2 aromatic rings. The topological polar surface area (TPSA) is 6.48 Å². The van der Waals surface area contributed by atoms with Crippen molar-refractivity contribution in [2.75, 3.05) is 23.0 Å². The van der Waals surface area contributed by atoms with E-state index < -0.39 is 0 Å². The molecule has 0 radical (unpaired) electrons. The van der Waals surface area contributed by atoms with Crippen LogP contribution in [0.4, 0.5) is 11.4 Å². The summed E-state index contributed by atoms with van der Waals surface area (Å²) in [5.74, 6) is 0. The predicted octanol–water partition coefficient (Wildman–Crippen LogP) is 4.27. The molecule has 1 aliphatic heterocycles. The van der Waals surface area contributed by atoms with Crippen LogP contribution in [0, 0.1) is 0 Å². The fourth-order valence-corrected chi connectivity index (χ4v) is 2.84. The average Bonchev–Trinajstić information content (AvgIpc) is 2.85. The molecule has 20 heavy (non-hydrogen) atoms. The van der Waals surface area contributed by atoms with Crippen LogP contribution in [-0.2, 0) is 6.54 Å². The van der Waals surface area contributed by atoms with E-state index in [2.05, 4.69) is 71.3 Å². The third kappa shape index (κ3) is 2.64. The van der Waals surface area contributed by atoms with Gasteiger partial charge >= 0.3 is 0 Å². The van der Waals surface area contributed by atoms with E-state index in [0.717, 1.165) is 19.8 Å². The van der Waals surface area contributed by atoms with Crippen molar-refractivity contribution >= 4 is 11.4 Å². The Labute approximate surface area is 121 Å². The Morgan fingerprint density at radius 1 is 0.850 bits per heavy atom. The molecule has 1 heterocycles. The summed E-state index contributed by atoms with van der Waals surface area (Å²) in [6, 6.07) is 19.5. The maximum absolute atomic E-state index is 2.50. The maximum Gasteiger partial charge on any atom is 0.0907 e. The lowest BCUT2D eigenvalue weighted by Crippen LogP contribution is -2.31. The van der Waals surface area contributed by atoms with E-state index in [1.54, 1.807) is 0 Å². The molecule has 104 valence electrons. The minimum Gasteiger partial charge on any atom is -0.352 e. The summed E-state index contributed by atoms with van der Waals surface area (Å²) in [7, 11) is 0. The summed E-state index contributed by atoms with van der Waals surface area (Å²) in [4.78, 5) is 4.97. The highest BCUT2D eigenvalue weighted by Gasteiger charge is 2.24. The molecule has 3 rings (SSSR count). The van der Waals surface area contributed by atoms with E-state index in [0.29, 0.717) is 0 Å². The second-order valence-electron chi connectivity index (χ2n) is 5.43. The van der Waals surface area contributed by atoms with E-state index in [-0.39, 0.29) is 0 Å². The fourth-order valence-electron chi connectivity index (χ4n) is 2.84. The molecule has 0 aromatic heterocycles. The first-order valence-electron chi connectivity index (χ1n) is 7.51. The van der Waals surface area contributed by atoms with E-state index in [9.17, 15) is 0 Å². The summed E-state index contributed by atoms with van der Waals surface area (Å²) >= 11 is 0. The van der Waals surface area contributed by atoms with Gasteiger partial charge in [0.15, 0.2) is 0 Å². The zero-order valence-corrected chi connectivity index (χ0v) is 12.1. The summed E-state index contributed by atoms with van der Waals surface area (Å²) in [5.41, 5.74) is 4.13. The van der Waals surface area contributed by atoms with Gasteiger partial charge in [0.25, 0.3) is 0 Å². The second-order valence-corrected chi connectivity index (χ2v) is 5.43. The molecule has 2 aromatic carbocycles. The van der Waals surface area contributed by atoms with Gasteiger partial charge in [-0.15, -0.1) is 0 Å². The maximum atomic E-state index is 2.50. The van der Waals surface area contributed by atoms with Crippen LogP contribution < -0.4 is 9.80 Å². The van der Waals surface area contributed by atoms with Gasteiger partial charge in [-0.25, -0.2) is 0 Å². The zero-order valence-electron chi connectivity index (χ0n) is 12.1. The smallest absolute Gasteiger partial charge is 0.0907 e. The van der Waals surface area contributed by atoms with Gasteiger partial charge in [-0.05, 0) is 24.1 Å². The first-order valence-corrected chi connectivity index (χ1v) is 7.51. The third-order valence-corrected chi connectivity index (χ3v) is 3.90. The molecule has 0 aliphatic carbocycles. The molecule has 0 bridgehead atoms. The first kappa shape index (κ1) is 13.0. The van der Waals surface area contributed by atoms with Crippen LogP contribution in [0.2, 0.25) is 0 Å². The van der Waals surface area contributed by atoms with Crippen LogP contribution in [0.3, 0.4) is 0 Å². The molecular formula is C18H22N2. The lowest BCUT2D eigenvalue weighted by molar-refractivity contribution is 0.710. The van der Waals surface area contributed by atoms with Gasteiger partial charge in [0.05, 0.1) is 18.0 Å². The molecule has 0 spiro atoms. The Kier molecular flexibility index (Phi) is 3.91. The third-order valence-electron chi connectivity index (χ3n) is 3.90. The largest absolute Gasteiger partial charge is 0.352 e. The van der Waals surface area contributed by atoms with E-state index in [4.69, 9.17) is 0 Å². The Morgan fingerprint density at radius 3 is 2.20 bits per heavy atom. The van der Waals surface area contributed by atoms with Gasteiger partial charge in [-0.3, -0.25) is 0 Å². The Morgan fingerprint density at radius 2 is 1.50 bits per heavy atom. The Balaban J connectivity index is 1.80. The normalized spacial score (nSPS) is 13.7. The molecule has 0 atom stereocenters. The summed E-state index contributed by atoms with van der Waals surface area (Å²) < 4.78 is 0. The SMILES string of the molecule is CCCCN1CN(Cc2ccccc2)c2ccccc21.